The van der Waals surface area contributed by atoms with E-state index in [-0.39, 0.29) is 17.9 Å². The molecule has 0 saturated heterocycles. The topological polar surface area (TPSA) is 75.4 Å². The van der Waals surface area contributed by atoms with Gasteiger partial charge in [0.2, 0.25) is 0 Å². The molecule has 0 heterocycles. The molecule has 0 aliphatic rings. The number of anilines is 1. The fourth-order valence-corrected chi connectivity index (χ4v) is 1.87. The van der Waals surface area contributed by atoms with Crippen LogP contribution >= 0.6 is 0 Å². The molecule has 0 aliphatic carbocycles. The SMILES string of the molecule is Nc1ccc(C(=O)N[C@H](CO)c2ccccc2)c(F)c1. The van der Waals surface area contributed by atoms with Gasteiger partial charge in [0, 0.05) is 5.69 Å². The van der Waals surface area contributed by atoms with Crippen LogP contribution in [0, 0.1) is 5.82 Å². The number of aliphatic hydroxyl groups excluding tert-OH is 1. The third-order valence-corrected chi connectivity index (χ3v) is 2.93. The molecule has 0 radical (unpaired) electrons. The van der Waals surface area contributed by atoms with Gasteiger partial charge in [-0.2, -0.15) is 0 Å². The maximum atomic E-state index is 13.7. The highest BCUT2D eigenvalue weighted by Crippen LogP contribution is 2.15. The van der Waals surface area contributed by atoms with E-state index in [9.17, 15) is 14.3 Å². The third kappa shape index (κ3) is 3.13. The van der Waals surface area contributed by atoms with Gasteiger partial charge < -0.3 is 16.2 Å². The van der Waals surface area contributed by atoms with Gasteiger partial charge in [-0.3, -0.25) is 4.79 Å². The molecule has 0 aromatic heterocycles. The molecule has 20 heavy (non-hydrogen) atoms. The molecule has 0 aliphatic heterocycles. The lowest BCUT2D eigenvalue weighted by atomic mass is 10.1. The fraction of sp³-hybridized carbons (Fsp3) is 0.133. The van der Waals surface area contributed by atoms with Crippen molar-refractivity contribution in [1.29, 1.82) is 0 Å². The maximum Gasteiger partial charge on any atom is 0.254 e. The van der Waals surface area contributed by atoms with Crippen molar-refractivity contribution in [3.63, 3.8) is 0 Å². The Morgan fingerprint density at radius 3 is 2.55 bits per heavy atom. The van der Waals surface area contributed by atoms with Crippen LogP contribution in [0.15, 0.2) is 48.5 Å². The summed E-state index contributed by atoms with van der Waals surface area (Å²) >= 11 is 0. The van der Waals surface area contributed by atoms with E-state index in [0.29, 0.717) is 0 Å². The zero-order valence-electron chi connectivity index (χ0n) is 10.7. The van der Waals surface area contributed by atoms with E-state index in [4.69, 9.17) is 5.73 Å². The van der Waals surface area contributed by atoms with Crippen LogP contribution in [0.5, 0.6) is 0 Å². The van der Waals surface area contributed by atoms with Gasteiger partial charge in [-0.15, -0.1) is 0 Å². The minimum atomic E-state index is -0.688. The molecule has 4 N–H and O–H groups in total. The van der Waals surface area contributed by atoms with Crippen LogP contribution in [0.25, 0.3) is 0 Å². The predicted octanol–water partition coefficient (Wildman–Crippen LogP) is 1.87. The zero-order chi connectivity index (χ0) is 14.5. The molecule has 0 unspecified atom stereocenters. The molecule has 4 nitrogen and oxygen atoms in total. The number of carbonyl (C=O) groups excluding carboxylic acids is 1. The Balaban J connectivity index is 2.17. The number of hydrogen-bond donors (Lipinski definition) is 3. The first-order valence-corrected chi connectivity index (χ1v) is 6.13. The van der Waals surface area contributed by atoms with Crippen molar-refractivity contribution in [3.05, 3.63) is 65.5 Å². The van der Waals surface area contributed by atoms with Gasteiger partial charge in [-0.05, 0) is 23.8 Å². The summed E-state index contributed by atoms with van der Waals surface area (Å²) in [6, 6.07) is 12.3. The quantitative estimate of drug-likeness (QED) is 0.745. The number of hydrogen-bond acceptors (Lipinski definition) is 3. The second kappa shape index (κ2) is 6.16. The zero-order valence-corrected chi connectivity index (χ0v) is 10.7. The predicted molar refractivity (Wildman–Crippen MR) is 74.5 cm³/mol. The number of aliphatic hydroxyl groups is 1. The average molecular weight is 274 g/mol. The molecule has 0 saturated carbocycles. The molecule has 2 rings (SSSR count). The van der Waals surface area contributed by atoms with Gasteiger partial charge in [0.05, 0.1) is 18.2 Å². The summed E-state index contributed by atoms with van der Waals surface area (Å²) in [4.78, 5) is 12.0. The first-order valence-electron chi connectivity index (χ1n) is 6.13. The summed E-state index contributed by atoms with van der Waals surface area (Å²) < 4.78 is 13.7. The Morgan fingerprint density at radius 1 is 1.25 bits per heavy atom. The Bertz CT molecular complexity index is 602. The lowest BCUT2D eigenvalue weighted by Crippen LogP contribution is -2.31. The largest absolute Gasteiger partial charge is 0.399 e. The molecule has 5 heteroatoms. The third-order valence-electron chi connectivity index (χ3n) is 2.93. The fourth-order valence-electron chi connectivity index (χ4n) is 1.87. The van der Waals surface area contributed by atoms with Crippen LogP contribution in [0.3, 0.4) is 0 Å². The van der Waals surface area contributed by atoms with Crippen LogP contribution in [-0.4, -0.2) is 17.6 Å². The van der Waals surface area contributed by atoms with E-state index < -0.39 is 17.8 Å². The molecule has 104 valence electrons. The van der Waals surface area contributed by atoms with Crippen LogP contribution in [0.2, 0.25) is 0 Å². The number of amides is 1. The summed E-state index contributed by atoms with van der Waals surface area (Å²) in [5, 5.41) is 12.0. The summed E-state index contributed by atoms with van der Waals surface area (Å²) in [5.41, 5.74) is 6.33. The first-order chi connectivity index (χ1) is 9.61. The van der Waals surface area contributed by atoms with Crippen molar-refractivity contribution in [2.45, 2.75) is 6.04 Å². The minimum absolute atomic E-state index is 0.103. The van der Waals surface area contributed by atoms with Crippen molar-refractivity contribution in [2.75, 3.05) is 12.3 Å². The van der Waals surface area contributed by atoms with Gasteiger partial charge in [0.1, 0.15) is 5.82 Å². The summed E-state index contributed by atoms with van der Waals surface area (Å²) in [5.74, 6) is -1.28. The summed E-state index contributed by atoms with van der Waals surface area (Å²) in [7, 11) is 0. The number of rotatable bonds is 4. The lowest BCUT2D eigenvalue weighted by molar-refractivity contribution is 0.0912. The van der Waals surface area contributed by atoms with Gasteiger partial charge >= 0.3 is 0 Å². The molecule has 0 bridgehead atoms. The number of benzene rings is 2. The smallest absolute Gasteiger partial charge is 0.254 e. The summed E-state index contributed by atoms with van der Waals surface area (Å²) in [6.07, 6.45) is 0. The Hall–Kier alpha value is -2.40. The number of carbonyl (C=O) groups is 1. The number of nitrogens with one attached hydrogen (secondary N) is 1. The van der Waals surface area contributed by atoms with E-state index in [2.05, 4.69) is 5.32 Å². The highest BCUT2D eigenvalue weighted by Gasteiger charge is 2.17. The number of nitrogen functional groups attached to an aromatic ring is 1. The first kappa shape index (κ1) is 14.0. The highest BCUT2D eigenvalue weighted by molar-refractivity contribution is 5.95. The van der Waals surface area contributed by atoms with Crippen molar-refractivity contribution < 1.29 is 14.3 Å². The molecular formula is C15H15FN2O2. The second-order valence-corrected chi connectivity index (χ2v) is 4.36. The molecular weight excluding hydrogens is 259 g/mol. The van der Waals surface area contributed by atoms with Gasteiger partial charge in [0.25, 0.3) is 5.91 Å². The van der Waals surface area contributed by atoms with E-state index in [1.165, 1.54) is 12.1 Å². The average Bonchev–Trinajstić information content (AvgIpc) is 2.45. The van der Waals surface area contributed by atoms with Crippen LogP contribution < -0.4 is 11.1 Å². The Labute approximate surface area is 116 Å². The summed E-state index contributed by atoms with van der Waals surface area (Å²) in [6.45, 7) is -0.271. The van der Waals surface area contributed by atoms with Gasteiger partial charge in [0.15, 0.2) is 0 Å². The minimum Gasteiger partial charge on any atom is -0.399 e. The standard InChI is InChI=1S/C15H15FN2O2/c16-13-8-11(17)6-7-12(13)15(20)18-14(9-19)10-4-2-1-3-5-10/h1-8,14,19H,9,17H2,(H,18,20)/t14-/m1/s1. The van der Waals surface area contributed by atoms with Crippen molar-refractivity contribution in [2.24, 2.45) is 0 Å². The monoisotopic (exact) mass is 274 g/mol. The maximum absolute atomic E-state index is 13.7. The van der Waals surface area contributed by atoms with Crippen molar-refractivity contribution in [1.82, 2.24) is 5.32 Å². The highest BCUT2D eigenvalue weighted by atomic mass is 19.1. The van der Waals surface area contributed by atoms with E-state index in [1.54, 1.807) is 24.3 Å². The van der Waals surface area contributed by atoms with Gasteiger partial charge in [-0.1, -0.05) is 30.3 Å². The van der Waals surface area contributed by atoms with Crippen molar-refractivity contribution >= 4 is 11.6 Å². The second-order valence-electron chi connectivity index (χ2n) is 4.36. The molecule has 2 aromatic rings. The van der Waals surface area contributed by atoms with Crippen LogP contribution in [-0.2, 0) is 0 Å². The van der Waals surface area contributed by atoms with E-state index in [1.807, 2.05) is 6.07 Å². The number of nitrogens with two attached hydrogens (primary N) is 1. The number of halogens is 1. The molecule has 0 spiro atoms. The lowest BCUT2D eigenvalue weighted by Gasteiger charge is -2.17. The molecule has 1 atom stereocenters. The van der Waals surface area contributed by atoms with Crippen LogP contribution in [0.4, 0.5) is 10.1 Å². The molecule has 0 fully saturated rings. The molecule has 1 amide bonds. The van der Waals surface area contributed by atoms with E-state index >= 15 is 0 Å². The Kier molecular flexibility index (Phi) is 4.32. The van der Waals surface area contributed by atoms with Gasteiger partial charge in [-0.25, -0.2) is 4.39 Å². The molecule has 2 aromatic carbocycles. The van der Waals surface area contributed by atoms with E-state index in [0.717, 1.165) is 11.6 Å². The normalized spacial score (nSPS) is 11.9. The van der Waals surface area contributed by atoms with Crippen LogP contribution in [0.1, 0.15) is 22.0 Å². The van der Waals surface area contributed by atoms with Crippen molar-refractivity contribution in [3.8, 4) is 0 Å². The Morgan fingerprint density at radius 2 is 1.95 bits per heavy atom.